The number of rotatable bonds is 2. The Morgan fingerprint density at radius 3 is 2.82 bits per heavy atom. The largest absolute Gasteiger partial charge is 0.504 e. The highest BCUT2D eigenvalue weighted by Gasteiger charge is 1.97. The van der Waals surface area contributed by atoms with Gasteiger partial charge in [-0.3, -0.25) is 0 Å². The summed E-state index contributed by atoms with van der Waals surface area (Å²) < 4.78 is 0. The van der Waals surface area contributed by atoms with Gasteiger partial charge in [0.25, 0.3) is 0 Å². The van der Waals surface area contributed by atoms with E-state index in [1.807, 2.05) is 0 Å². The number of hydrogen-bond donors (Lipinski definition) is 2. The molecule has 0 spiro atoms. The molecule has 0 aliphatic heterocycles. The topological polar surface area (TPSA) is 81.0 Å². The molecule has 5 nitrogen and oxygen atoms in total. The molecule has 1 aromatic rings. The number of hydrogen-bond acceptors (Lipinski definition) is 2. The molecule has 0 saturated carbocycles. The molecule has 0 fully saturated rings. The summed E-state index contributed by atoms with van der Waals surface area (Å²) in [7, 11) is 0. The number of phenols is 1. The molecule has 56 valence electrons. The summed E-state index contributed by atoms with van der Waals surface area (Å²) in [5.74, 6) is 0.0555. The molecule has 0 aromatic heterocycles. The molecular weight excluding hydrogens is 144 g/mol. The monoisotopic (exact) mass is 150 g/mol. The van der Waals surface area contributed by atoms with Crippen molar-refractivity contribution in [3.05, 3.63) is 34.7 Å². The van der Waals surface area contributed by atoms with Crippen molar-refractivity contribution in [2.24, 2.45) is 5.22 Å². The van der Waals surface area contributed by atoms with Gasteiger partial charge in [0.1, 0.15) is 0 Å². The van der Waals surface area contributed by atoms with Crippen LogP contribution in [0.4, 0.5) is 5.69 Å². The quantitative estimate of drug-likeness (QED) is 0.222. The Hall–Kier alpha value is -1.87. The van der Waals surface area contributed by atoms with E-state index >= 15 is 0 Å². The number of aromatic hydroxyl groups is 1. The van der Waals surface area contributed by atoms with E-state index in [1.54, 1.807) is 18.2 Å². The Kier molecular flexibility index (Phi) is 2.20. The van der Waals surface area contributed by atoms with E-state index in [0.29, 0.717) is 5.69 Å². The van der Waals surface area contributed by atoms with E-state index in [9.17, 15) is 0 Å². The van der Waals surface area contributed by atoms with E-state index in [4.69, 9.17) is 10.6 Å². The maximum Gasteiger partial charge on any atom is 0.170 e. The highest BCUT2D eigenvalue weighted by molar-refractivity contribution is 5.54. The maximum atomic E-state index is 9.09. The van der Waals surface area contributed by atoms with Gasteiger partial charge in [-0.2, -0.15) is 4.91 Å². The van der Waals surface area contributed by atoms with Gasteiger partial charge in [-0.05, 0) is 17.4 Å². The SMILES string of the molecule is [N-]=[N+]=NNc1ccccc1O. The lowest BCUT2D eigenvalue weighted by atomic mass is 10.3. The standard InChI is InChI=1S/C6H6N4O/c7-9-10-8-5-3-1-2-4-6(5)11/h1-4,8,11H. The predicted molar refractivity (Wildman–Crippen MR) is 40.9 cm³/mol. The minimum Gasteiger partial charge on any atom is -0.504 e. The Balaban J connectivity index is 2.85. The van der Waals surface area contributed by atoms with Gasteiger partial charge in [0.15, 0.2) is 11.4 Å². The summed E-state index contributed by atoms with van der Waals surface area (Å²) in [6.07, 6.45) is 0. The van der Waals surface area contributed by atoms with Gasteiger partial charge in [-0.25, -0.2) is 5.43 Å². The second-order valence-corrected chi connectivity index (χ2v) is 1.82. The molecule has 0 aliphatic carbocycles. The van der Waals surface area contributed by atoms with Crippen molar-refractivity contribution in [1.29, 1.82) is 0 Å². The first-order chi connectivity index (χ1) is 5.34. The summed E-state index contributed by atoms with van der Waals surface area (Å²) in [5.41, 5.74) is 10.6. The van der Waals surface area contributed by atoms with Crippen LogP contribution in [0.2, 0.25) is 0 Å². The summed E-state index contributed by atoms with van der Waals surface area (Å²) in [6.45, 7) is 0. The molecule has 0 heterocycles. The summed E-state index contributed by atoms with van der Waals surface area (Å²) in [5, 5.41) is 12.2. The van der Waals surface area contributed by atoms with E-state index in [-0.39, 0.29) is 5.75 Å². The van der Waals surface area contributed by atoms with Crippen molar-refractivity contribution in [3.8, 4) is 5.75 Å². The fourth-order valence-electron chi connectivity index (χ4n) is 0.644. The molecule has 5 heteroatoms. The van der Waals surface area contributed by atoms with Crippen LogP contribution in [0, 0.1) is 0 Å². The number of azide groups is 1. The third kappa shape index (κ3) is 1.77. The van der Waals surface area contributed by atoms with Crippen molar-refractivity contribution in [2.45, 2.75) is 0 Å². The van der Waals surface area contributed by atoms with Crippen LogP contribution >= 0.6 is 0 Å². The van der Waals surface area contributed by atoms with Crippen LogP contribution in [0.5, 0.6) is 5.75 Å². The van der Waals surface area contributed by atoms with E-state index in [0.717, 1.165) is 0 Å². The first-order valence-electron chi connectivity index (χ1n) is 2.92. The van der Waals surface area contributed by atoms with Gasteiger partial charge in [-0.15, -0.1) is 5.53 Å². The van der Waals surface area contributed by atoms with Crippen LogP contribution in [0.15, 0.2) is 29.5 Å². The maximum absolute atomic E-state index is 9.09. The van der Waals surface area contributed by atoms with Gasteiger partial charge in [0.2, 0.25) is 0 Å². The molecular formula is C6H6N4O. The second kappa shape index (κ2) is 3.34. The Bertz CT molecular complexity index is 292. The van der Waals surface area contributed by atoms with Gasteiger partial charge in [0, 0.05) is 0 Å². The number of phenolic OH excluding ortho intramolecular Hbond substituents is 1. The molecule has 1 aromatic carbocycles. The molecule has 0 radical (unpaired) electrons. The van der Waals surface area contributed by atoms with Crippen LogP contribution in [0.1, 0.15) is 0 Å². The lowest BCUT2D eigenvalue weighted by Gasteiger charge is -1.95. The number of nitrogens with one attached hydrogen (secondary N) is 1. The molecule has 0 unspecified atom stereocenters. The first kappa shape index (κ1) is 7.24. The lowest BCUT2D eigenvalue weighted by Crippen LogP contribution is -1.84. The van der Waals surface area contributed by atoms with Crippen LogP contribution in [0.25, 0.3) is 10.4 Å². The van der Waals surface area contributed by atoms with Crippen molar-refractivity contribution in [1.82, 2.24) is 0 Å². The molecule has 0 saturated heterocycles. The summed E-state index contributed by atoms with van der Waals surface area (Å²) >= 11 is 0. The number of nitrogens with zero attached hydrogens (tertiary/aromatic N) is 3. The molecule has 0 atom stereocenters. The summed E-state index contributed by atoms with van der Waals surface area (Å²) in [6, 6.07) is 6.49. The highest BCUT2D eigenvalue weighted by Crippen LogP contribution is 2.20. The molecule has 0 amide bonds. The fourth-order valence-corrected chi connectivity index (χ4v) is 0.644. The van der Waals surface area contributed by atoms with Crippen LogP contribution in [-0.2, 0) is 0 Å². The lowest BCUT2D eigenvalue weighted by molar-refractivity contribution is 0.477. The zero-order chi connectivity index (χ0) is 8.10. The Morgan fingerprint density at radius 1 is 1.45 bits per heavy atom. The van der Waals surface area contributed by atoms with E-state index in [1.165, 1.54) is 6.07 Å². The number of para-hydroxylation sites is 2. The molecule has 0 bridgehead atoms. The van der Waals surface area contributed by atoms with Crippen molar-refractivity contribution < 1.29 is 5.11 Å². The van der Waals surface area contributed by atoms with Crippen LogP contribution in [0.3, 0.4) is 0 Å². The number of benzene rings is 1. The molecule has 2 N–H and O–H groups in total. The zero-order valence-electron chi connectivity index (χ0n) is 5.60. The Labute approximate surface area is 62.9 Å². The van der Waals surface area contributed by atoms with Crippen molar-refractivity contribution in [3.63, 3.8) is 0 Å². The summed E-state index contributed by atoms with van der Waals surface area (Å²) in [4.78, 5) is 2.47. The van der Waals surface area contributed by atoms with Gasteiger partial charge < -0.3 is 5.11 Å². The zero-order valence-corrected chi connectivity index (χ0v) is 5.60. The van der Waals surface area contributed by atoms with Gasteiger partial charge in [0.05, 0.1) is 0 Å². The smallest absolute Gasteiger partial charge is 0.170 e. The van der Waals surface area contributed by atoms with E-state index in [2.05, 4.69) is 15.6 Å². The average Bonchev–Trinajstić information content (AvgIpc) is 2.03. The highest BCUT2D eigenvalue weighted by atomic mass is 16.3. The van der Waals surface area contributed by atoms with Gasteiger partial charge >= 0.3 is 0 Å². The van der Waals surface area contributed by atoms with E-state index < -0.39 is 0 Å². The first-order valence-corrected chi connectivity index (χ1v) is 2.92. The average molecular weight is 150 g/mol. The molecule has 1 rings (SSSR count). The third-order valence-electron chi connectivity index (χ3n) is 1.12. The molecule has 11 heavy (non-hydrogen) atoms. The third-order valence-corrected chi connectivity index (χ3v) is 1.12. The normalized spacial score (nSPS) is 8.36. The van der Waals surface area contributed by atoms with Gasteiger partial charge in [-0.1, -0.05) is 12.1 Å². The Morgan fingerprint density at radius 2 is 2.18 bits per heavy atom. The minimum atomic E-state index is 0.0555. The fraction of sp³-hybridized carbons (Fsp3) is 0. The molecule has 0 aliphatic rings. The van der Waals surface area contributed by atoms with Crippen LogP contribution < -0.4 is 5.43 Å². The predicted octanol–water partition coefficient (Wildman–Crippen LogP) is 2.03. The minimum absolute atomic E-state index is 0.0555. The second-order valence-electron chi connectivity index (χ2n) is 1.82. The van der Waals surface area contributed by atoms with Crippen molar-refractivity contribution in [2.75, 3.05) is 5.43 Å². The van der Waals surface area contributed by atoms with Crippen LogP contribution in [-0.4, -0.2) is 5.11 Å². The van der Waals surface area contributed by atoms with Crippen molar-refractivity contribution >= 4 is 5.69 Å². The number of anilines is 1.